The fourth-order valence-corrected chi connectivity index (χ4v) is 11.8. The molecule has 0 atom stereocenters. The van der Waals surface area contributed by atoms with Gasteiger partial charge in [0.05, 0.1) is 22.1 Å². The monoisotopic (exact) mass is 834 g/mol. The maximum Gasteiger partial charge on any atom is 0.0553 e. The molecule has 0 saturated heterocycles. The van der Waals surface area contributed by atoms with Crippen molar-refractivity contribution in [3.05, 3.63) is 231 Å². The average molecular weight is 835 g/mol. The van der Waals surface area contributed by atoms with E-state index in [9.17, 15) is 0 Å². The normalized spacial score (nSPS) is 12.2. The summed E-state index contributed by atoms with van der Waals surface area (Å²) < 4.78 is 4.95. The van der Waals surface area contributed by atoms with E-state index in [1.54, 1.807) is 0 Å². The second kappa shape index (κ2) is 13.4. The van der Waals surface area contributed by atoms with Crippen LogP contribution in [0.25, 0.3) is 143 Å². The summed E-state index contributed by atoms with van der Waals surface area (Å²) in [6, 6.07) is 85.8. The van der Waals surface area contributed by atoms with Gasteiger partial charge in [-0.3, -0.25) is 0 Å². The molecular formula is C64H38N2. The third-order valence-corrected chi connectivity index (χ3v) is 14.6. The Morgan fingerprint density at radius 3 is 1.45 bits per heavy atom. The van der Waals surface area contributed by atoms with Crippen molar-refractivity contribution in [1.82, 2.24) is 9.13 Å². The minimum absolute atomic E-state index is 1.15. The van der Waals surface area contributed by atoms with Crippen LogP contribution in [0.5, 0.6) is 0 Å². The Labute approximate surface area is 380 Å². The van der Waals surface area contributed by atoms with Crippen molar-refractivity contribution in [2.24, 2.45) is 0 Å². The van der Waals surface area contributed by atoms with Crippen LogP contribution in [0.4, 0.5) is 0 Å². The van der Waals surface area contributed by atoms with Crippen molar-refractivity contribution in [3.8, 4) is 55.9 Å². The molecule has 1 aliphatic rings. The summed E-state index contributed by atoms with van der Waals surface area (Å²) >= 11 is 0. The highest BCUT2D eigenvalue weighted by Crippen LogP contribution is 2.51. The fraction of sp³-hybridized carbons (Fsp3) is 0. The van der Waals surface area contributed by atoms with Crippen molar-refractivity contribution in [2.45, 2.75) is 0 Å². The van der Waals surface area contributed by atoms with Crippen LogP contribution in [0.2, 0.25) is 0 Å². The zero-order chi connectivity index (χ0) is 43.0. The predicted molar refractivity (Wildman–Crippen MR) is 280 cm³/mol. The van der Waals surface area contributed by atoms with Gasteiger partial charge in [0.2, 0.25) is 0 Å². The highest BCUT2D eigenvalue weighted by atomic mass is 15.0. The first kappa shape index (κ1) is 35.7. The molecule has 15 rings (SSSR count). The Hall–Kier alpha value is -8.72. The first-order valence-electron chi connectivity index (χ1n) is 22.9. The van der Waals surface area contributed by atoms with Gasteiger partial charge >= 0.3 is 0 Å². The smallest absolute Gasteiger partial charge is 0.0553 e. The van der Waals surface area contributed by atoms with E-state index in [4.69, 9.17) is 0 Å². The Morgan fingerprint density at radius 2 is 0.697 bits per heavy atom. The van der Waals surface area contributed by atoms with Crippen molar-refractivity contribution in [2.75, 3.05) is 0 Å². The van der Waals surface area contributed by atoms with Gasteiger partial charge < -0.3 is 9.13 Å². The number of para-hydroxylation sites is 1. The summed E-state index contributed by atoms with van der Waals surface area (Å²) in [4.78, 5) is 0. The van der Waals surface area contributed by atoms with Crippen LogP contribution in [0.15, 0.2) is 231 Å². The van der Waals surface area contributed by atoms with Gasteiger partial charge in [-0.2, -0.15) is 0 Å². The lowest BCUT2D eigenvalue weighted by Crippen LogP contribution is -1.95. The Kier molecular flexibility index (Phi) is 7.25. The van der Waals surface area contributed by atoms with Gasteiger partial charge in [-0.15, -0.1) is 0 Å². The SMILES string of the molecule is c1ccc(-c2cccc(-n3c4ccc(-c5ccc6c(c5)c5ccccc5n6-c5ccc6c7ccccc7c7ccccc7c6c5)cc4c4c5cccc6c5c(cc43)-c3ccccc3-6)c2)cc1. The summed E-state index contributed by atoms with van der Waals surface area (Å²) in [5.41, 5.74) is 17.2. The first-order chi connectivity index (χ1) is 32.7. The van der Waals surface area contributed by atoms with Crippen LogP contribution < -0.4 is 0 Å². The molecule has 0 unspecified atom stereocenters. The number of hydrogen-bond donors (Lipinski definition) is 0. The largest absolute Gasteiger partial charge is 0.309 e. The third kappa shape index (κ3) is 4.90. The molecule has 0 aliphatic heterocycles. The number of rotatable bonds is 4. The third-order valence-electron chi connectivity index (χ3n) is 14.6. The van der Waals surface area contributed by atoms with E-state index in [0.717, 1.165) is 11.4 Å². The van der Waals surface area contributed by atoms with Crippen molar-refractivity contribution >= 4 is 86.7 Å². The summed E-state index contributed by atoms with van der Waals surface area (Å²) in [5.74, 6) is 0. The van der Waals surface area contributed by atoms with E-state index in [2.05, 4.69) is 240 Å². The van der Waals surface area contributed by atoms with Crippen molar-refractivity contribution < 1.29 is 0 Å². The highest BCUT2D eigenvalue weighted by molar-refractivity contribution is 6.30. The van der Waals surface area contributed by atoms with Crippen molar-refractivity contribution in [3.63, 3.8) is 0 Å². The van der Waals surface area contributed by atoms with E-state index >= 15 is 0 Å². The molecule has 0 N–H and O–H groups in total. The Bertz CT molecular complexity index is 4360. The summed E-state index contributed by atoms with van der Waals surface area (Å²) in [5, 5.41) is 15.4. The molecular weight excluding hydrogens is 797 g/mol. The molecule has 12 aromatic carbocycles. The Morgan fingerprint density at radius 1 is 0.197 bits per heavy atom. The van der Waals surface area contributed by atoms with E-state index in [-0.39, 0.29) is 0 Å². The summed E-state index contributed by atoms with van der Waals surface area (Å²) in [7, 11) is 0. The minimum atomic E-state index is 1.15. The zero-order valence-electron chi connectivity index (χ0n) is 35.8. The molecule has 0 spiro atoms. The summed E-state index contributed by atoms with van der Waals surface area (Å²) in [6.07, 6.45) is 0. The van der Waals surface area contributed by atoms with Gasteiger partial charge in [-0.25, -0.2) is 0 Å². The van der Waals surface area contributed by atoms with Crippen molar-refractivity contribution in [1.29, 1.82) is 0 Å². The van der Waals surface area contributed by atoms with Crippen LogP contribution in [-0.2, 0) is 0 Å². The van der Waals surface area contributed by atoms with Crippen LogP contribution in [0, 0.1) is 0 Å². The van der Waals surface area contributed by atoms with Crippen LogP contribution >= 0.6 is 0 Å². The lowest BCUT2D eigenvalue weighted by Gasteiger charge is -2.14. The standard InChI is InChI=1S/C64H38N2/c1-2-14-39(15-3-1)40-16-12-17-43(34-40)66-61-33-29-42(36-58(61)64-54-26-13-25-53-48-21-7-9-23-50(48)57(63(53)54)38-62(64)66)41-28-32-60-56(35-41)52-24-10-11-27-59(52)65(60)44-30-31-51-47-20-5-4-18-45(47)46-19-6-8-22-49(46)55(51)37-44/h1-38H. The van der Waals surface area contributed by atoms with Gasteiger partial charge in [-0.1, -0.05) is 170 Å². The molecule has 0 amide bonds. The van der Waals surface area contributed by atoms with E-state index in [1.807, 2.05) is 0 Å². The number of benzene rings is 12. The molecule has 2 aromatic heterocycles. The molecule has 2 heterocycles. The van der Waals surface area contributed by atoms with Gasteiger partial charge in [0.25, 0.3) is 0 Å². The maximum atomic E-state index is 2.50. The van der Waals surface area contributed by atoms with Crippen LogP contribution in [0.1, 0.15) is 0 Å². The second-order valence-electron chi connectivity index (χ2n) is 18.0. The molecule has 0 saturated carbocycles. The molecule has 0 fully saturated rings. The van der Waals surface area contributed by atoms with Gasteiger partial charge in [0.1, 0.15) is 0 Å². The van der Waals surface area contributed by atoms with Crippen LogP contribution in [0.3, 0.4) is 0 Å². The molecule has 14 aromatic rings. The quantitative estimate of drug-likeness (QED) is 0.156. The maximum absolute atomic E-state index is 2.50. The number of aromatic nitrogens is 2. The Balaban J connectivity index is 0.955. The lowest BCUT2D eigenvalue weighted by atomic mass is 9.94. The highest BCUT2D eigenvalue weighted by Gasteiger charge is 2.26. The topological polar surface area (TPSA) is 9.86 Å². The zero-order valence-corrected chi connectivity index (χ0v) is 35.8. The van der Waals surface area contributed by atoms with E-state index in [1.165, 1.54) is 131 Å². The number of hydrogen-bond acceptors (Lipinski definition) is 0. The number of nitrogens with zero attached hydrogens (tertiary/aromatic N) is 2. The minimum Gasteiger partial charge on any atom is -0.309 e. The average Bonchev–Trinajstić information content (AvgIpc) is 4.02. The van der Waals surface area contributed by atoms with Gasteiger partial charge in [0, 0.05) is 32.9 Å². The molecule has 66 heavy (non-hydrogen) atoms. The fourth-order valence-electron chi connectivity index (χ4n) is 11.8. The molecule has 0 bridgehead atoms. The molecule has 2 heteroatoms. The van der Waals surface area contributed by atoms with E-state index < -0.39 is 0 Å². The molecule has 2 nitrogen and oxygen atoms in total. The number of fused-ring (bicyclic) bond motifs is 16. The van der Waals surface area contributed by atoms with Gasteiger partial charge in [-0.05, 0) is 148 Å². The molecule has 304 valence electrons. The lowest BCUT2D eigenvalue weighted by molar-refractivity contribution is 1.18. The predicted octanol–water partition coefficient (Wildman–Crippen LogP) is 17.5. The van der Waals surface area contributed by atoms with Crippen LogP contribution in [-0.4, -0.2) is 9.13 Å². The molecule has 1 aliphatic carbocycles. The van der Waals surface area contributed by atoms with E-state index in [0.29, 0.717) is 0 Å². The van der Waals surface area contributed by atoms with Gasteiger partial charge in [0.15, 0.2) is 0 Å². The first-order valence-corrected chi connectivity index (χ1v) is 22.9. The summed E-state index contributed by atoms with van der Waals surface area (Å²) in [6.45, 7) is 0. The second-order valence-corrected chi connectivity index (χ2v) is 18.0. The molecule has 0 radical (unpaired) electrons.